The van der Waals surface area contributed by atoms with Crippen molar-refractivity contribution >= 4 is 15.9 Å². The lowest BCUT2D eigenvalue weighted by atomic mass is 9.92. The highest BCUT2D eigenvalue weighted by atomic mass is 32.2. The van der Waals surface area contributed by atoms with Gasteiger partial charge in [0.25, 0.3) is 5.91 Å². The van der Waals surface area contributed by atoms with Crippen molar-refractivity contribution < 1.29 is 13.2 Å². The van der Waals surface area contributed by atoms with Crippen LogP contribution < -0.4 is 5.32 Å². The summed E-state index contributed by atoms with van der Waals surface area (Å²) in [5.74, 6) is 0.284. The fraction of sp³-hybridized carbons (Fsp3) is 0.565. The smallest absolute Gasteiger partial charge is 0.254 e. The summed E-state index contributed by atoms with van der Waals surface area (Å²) in [5.41, 5.74) is 2.52. The number of carbonyl (C=O) groups is 1. The standard InChI is InChI=1S/C23H32N4O3S/c1-17-7-9-20(10-8-17)31(29,30)27-13-11-18(12-14-27)15-22-21(16-26(2)25-22)23(28)24-19-5-3-4-6-19/h7-10,16,18-19H,3-6,11-15H2,1-2H3,(H,24,28). The van der Waals surface area contributed by atoms with Crippen LogP contribution in [0.15, 0.2) is 35.4 Å². The third-order valence-corrected chi connectivity index (χ3v) is 8.47. The van der Waals surface area contributed by atoms with Crippen molar-refractivity contribution in [1.82, 2.24) is 19.4 Å². The molecule has 2 aromatic rings. The van der Waals surface area contributed by atoms with Crippen molar-refractivity contribution in [2.75, 3.05) is 13.1 Å². The molecule has 2 fully saturated rings. The van der Waals surface area contributed by atoms with Crippen molar-refractivity contribution in [3.63, 3.8) is 0 Å². The van der Waals surface area contributed by atoms with E-state index in [0.29, 0.717) is 35.9 Å². The lowest BCUT2D eigenvalue weighted by Crippen LogP contribution is -2.39. The summed E-state index contributed by atoms with van der Waals surface area (Å²) >= 11 is 0. The Morgan fingerprint density at radius 3 is 2.39 bits per heavy atom. The van der Waals surface area contributed by atoms with E-state index in [1.54, 1.807) is 27.3 Å². The average molecular weight is 445 g/mol. The molecule has 0 bridgehead atoms. The summed E-state index contributed by atoms with van der Waals surface area (Å²) in [5, 5.41) is 7.70. The molecule has 4 rings (SSSR count). The SMILES string of the molecule is Cc1ccc(S(=O)(=O)N2CCC(Cc3nn(C)cc3C(=O)NC3CCCC3)CC2)cc1. The first-order valence-corrected chi connectivity index (χ1v) is 12.7. The van der Waals surface area contributed by atoms with Gasteiger partial charge in [0, 0.05) is 32.4 Å². The number of rotatable bonds is 6. The molecule has 31 heavy (non-hydrogen) atoms. The van der Waals surface area contributed by atoms with Gasteiger partial charge in [-0.15, -0.1) is 0 Å². The van der Waals surface area contributed by atoms with Crippen molar-refractivity contribution in [3.8, 4) is 0 Å². The van der Waals surface area contributed by atoms with Gasteiger partial charge in [-0.1, -0.05) is 30.5 Å². The zero-order valence-corrected chi connectivity index (χ0v) is 19.2. The van der Waals surface area contributed by atoms with Gasteiger partial charge in [0.15, 0.2) is 0 Å². The summed E-state index contributed by atoms with van der Waals surface area (Å²) < 4.78 is 29.2. The van der Waals surface area contributed by atoms with Crippen LogP contribution in [-0.4, -0.2) is 47.5 Å². The molecule has 0 radical (unpaired) electrons. The number of carbonyl (C=O) groups excluding carboxylic acids is 1. The summed E-state index contributed by atoms with van der Waals surface area (Å²) in [6.07, 6.45) is 8.49. The third-order valence-electron chi connectivity index (χ3n) is 6.55. The molecule has 8 heteroatoms. The quantitative estimate of drug-likeness (QED) is 0.742. The van der Waals surface area contributed by atoms with Crippen molar-refractivity contribution in [2.45, 2.75) is 62.8 Å². The number of sulfonamides is 1. The normalized spacial score (nSPS) is 19.0. The molecule has 2 heterocycles. The maximum atomic E-state index is 12.9. The van der Waals surface area contributed by atoms with Crippen LogP contribution in [0.4, 0.5) is 0 Å². The fourth-order valence-electron chi connectivity index (χ4n) is 4.69. The molecule has 0 atom stereocenters. The van der Waals surface area contributed by atoms with Crippen LogP contribution in [0.25, 0.3) is 0 Å². The predicted molar refractivity (Wildman–Crippen MR) is 119 cm³/mol. The topological polar surface area (TPSA) is 84.3 Å². The van der Waals surface area contributed by atoms with E-state index in [2.05, 4.69) is 10.4 Å². The van der Waals surface area contributed by atoms with Crippen molar-refractivity contribution in [3.05, 3.63) is 47.3 Å². The number of aromatic nitrogens is 2. The molecular formula is C23H32N4O3S. The Balaban J connectivity index is 1.38. The minimum Gasteiger partial charge on any atom is -0.349 e. The number of benzene rings is 1. The van der Waals surface area contributed by atoms with Gasteiger partial charge in [-0.3, -0.25) is 9.48 Å². The van der Waals surface area contributed by atoms with Crippen LogP contribution in [0.5, 0.6) is 0 Å². The number of hydrogen-bond donors (Lipinski definition) is 1. The van der Waals surface area contributed by atoms with Gasteiger partial charge in [-0.05, 0) is 57.1 Å². The first-order valence-electron chi connectivity index (χ1n) is 11.2. The van der Waals surface area contributed by atoms with E-state index in [9.17, 15) is 13.2 Å². The number of nitrogens with zero attached hydrogens (tertiary/aromatic N) is 3. The van der Waals surface area contributed by atoms with Crippen LogP contribution in [0.3, 0.4) is 0 Å². The van der Waals surface area contributed by atoms with Crippen LogP contribution in [-0.2, 0) is 23.5 Å². The number of hydrogen-bond acceptors (Lipinski definition) is 4. The Labute approximate surface area is 184 Å². The number of aryl methyl sites for hydroxylation is 2. The van der Waals surface area contributed by atoms with E-state index in [1.165, 1.54) is 12.8 Å². The van der Waals surface area contributed by atoms with E-state index in [-0.39, 0.29) is 11.9 Å². The molecule has 1 aliphatic heterocycles. The Morgan fingerprint density at radius 1 is 1.10 bits per heavy atom. The van der Waals surface area contributed by atoms with E-state index in [0.717, 1.165) is 36.9 Å². The lowest BCUT2D eigenvalue weighted by molar-refractivity contribution is 0.0936. The molecule has 1 saturated heterocycles. The molecule has 7 nitrogen and oxygen atoms in total. The Hall–Kier alpha value is -2.19. The molecule has 168 valence electrons. The van der Waals surface area contributed by atoms with Crippen LogP contribution >= 0.6 is 0 Å². The minimum absolute atomic E-state index is 0.0330. The van der Waals surface area contributed by atoms with E-state index in [4.69, 9.17) is 0 Å². The summed E-state index contributed by atoms with van der Waals surface area (Å²) in [4.78, 5) is 13.1. The lowest BCUT2D eigenvalue weighted by Gasteiger charge is -2.31. The summed E-state index contributed by atoms with van der Waals surface area (Å²) in [6.45, 7) is 2.94. The molecule has 0 unspecified atom stereocenters. The molecule has 0 spiro atoms. The van der Waals surface area contributed by atoms with Crippen LogP contribution in [0.2, 0.25) is 0 Å². The maximum absolute atomic E-state index is 12.9. The molecule has 1 aliphatic carbocycles. The van der Waals surface area contributed by atoms with Gasteiger partial charge < -0.3 is 5.32 Å². The average Bonchev–Trinajstić information content (AvgIpc) is 3.38. The zero-order chi connectivity index (χ0) is 22.0. The van der Waals surface area contributed by atoms with E-state index >= 15 is 0 Å². The van der Waals surface area contributed by atoms with E-state index in [1.807, 2.05) is 26.1 Å². The van der Waals surface area contributed by atoms with Gasteiger partial charge in [0.2, 0.25) is 10.0 Å². The second-order valence-corrected chi connectivity index (χ2v) is 10.9. The van der Waals surface area contributed by atoms with Crippen LogP contribution in [0.1, 0.15) is 60.1 Å². The second-order valence-electron chi connectivity index (χ2n) is 8.98. The third kappa shape index (κ3) is 5.01. The zero-order valence-electron chi connectivity index (χ0n) is 18.4. The van der Waals surface area contributed by atoms with Gasteiger partial charge in [0.1, 0.15) is 0 Å². The van der Waals surface area contributed by atoms with Crippen molar-refractivity contribution in [2.24, 2.45) is 13.0 Å². The highest BCUT2D eigenvalue weighted by molar-refractivity contribution is 7.89. The highest BCUT2D eigenvalue weighted by Gasteiger charge is 2.31. The van der Waals surface area contributed by atoms with Crippen LogP contribution in [0, 0.1) is 12.8 Å². The monoisotopic (exact) mass is 444 g/mol. The number of amides is 1. The number of piperidine rings is 1. The molecule has 1 aromatic carbocycles. The number of nitrogens with one attached hydrogen (secondary N) is 1. The van der Waals surface area contributed by atoms with Crippen molar-refractivity contribution in [1.29, 1.82) is 0 Å². The Morgan fingerprint density at radius 2 is 1.74 bits per heavy atom. The largest absolute Gasteiger partial charge is 0.349 e. The molecule has 1 saturated carbocycles. The second kappa shape index (κ2) is 9.12. The highest BCUT2D eigenvalue weighted by Crippen LogP contribution is 2.27. The molecule has 1 aromatic heterocycles. The first-order chi connectivity index (χ1) is 14.8. The molecular weight excluding hydrogens is 412 g/mol. The fourth-order valence-corrected chi connectivity index (χ4v) is 6.16. The van der Waals surface area contributed by atoms with Gasteiger partial charge >= 0.3 is 0 Å². The summed E-state index contributed by atoms with van der Waals surface area (Å²) in [6, 6.07) is 7.30. The van der Waals surface area contributed by atoms with Gasteiger partial charge in [-0.25, -0.2) is 8.42 Å². The minimum atomic E-state index is -3.46. The van der Waals surface area contributed by atoms with Gasteiger partial charge in [-0.2, -0.15) is 9.40 Å². The Bertz CT molecular complexity index is 1020. The Kier molecular flexibility index (Phi) is 6.48. The summed E-state index contributed by atoms with van der Waals surface area (Å²) in [7, 11) is -1.62. The molecule has 1 N–H and O–H groups in total. The predicted octanol–water partition coefficient (Wildman–Crippen LogP) is 3.04. The van der Waals surface area contributed by atoms with E-state index < -0.39 is 10.0 Å². The molecule has 2 aliphatic rings. The van der Waals surface area contributed by atoms with Gasteiger partial charge in [0.05, 0.1) is 16.2 Å². The molecule has 1 amide bonds. The maximum Gasteiger partial charge on any atom is 0.254 e. The first kappa shape index (κ1) is 22.0.